The summed E-state index contributed by atoms with van der Waals surface area (Å²) in [7, 11) is 0. The Bertz CT molecular complexity index is 334. The second-order valence-electron chi connectivity index (χ2n) is 4.89. The van der Waals surface area contributed by atoms with Crippen molar-refractivity contribution in [1.29, 1.82) is 0 Å². The van der Waals surface area contributed by atoms with Crippen molar-refractivity contribution in [2.24, 2.45) is 11.7 Å². The van der Waals surface area contributed by atoms with E-state index in [9.17, 15) is 0 Å². The zero-order valence-corrected chi connectivity index (χ0v) is 11.1. The molecular formula is C13H22N2S. The fraction of sp³-hybridized carbons (Fsp3) is 0.692. The van der Waals surface area contributed by atoms with E-state index in [1.165, 1.54) is 5.56 Å². The molecule has 90 valence electrons. The molecule has 1 saturated heterocycles. The minimum atomic E-state index is 0.408. The van der Waals surface area contributed by atoms with E-state index in [2.05, 4.69) is 30.2 Å². The highest BCUT2D eigenvalue weighted by atomic mass is 32.1. The van der Waals surface area contributed by atoms with E-state index < -0.39 is 0 Å². The number of likely N-dealkylation sites (tertiary alicyclic amines) is 1. The predicted molar refractivity (Wildman–Crippen MR) is 70.7 cm³/mol. The van der Waals surface area contributed by atoms with Gasteiger partial charge in [-0.3, -0.25) is 4.90 Å². The quantitative estimate of drug-likeness (QED) is 0.876. The molecule has 1 aromatic heterocycles. The maximum absolute atomic E-state index is 6.05. The summed E-state index contributed by atoms with van der Waals surface area (Å²) in [6.07, 6.45) is 2.30. The number of aryl methyl sites for hydroxylation is 1. The molecule has 0 radical (unpaired) electrons. The minimum Gasteiger partial charge on any atom is -0.327 e. The molecule has 2 atom stereocenters. The van der Waals surface area contributed by atoms with E-state index in [1.807, 2.05) is 11.3 Å². The first-order valence-electron chi connectivity index (χ1n) is 6.24. The van der Waals surface area contributed by atoms with Gasteiger partial charge in [-0.05, 0) is 35.8 Å². The van der Waals surface area contributed by atoms with Crippen LogP contribution in [-0.2, 0) is 13.0 Å². The van der Waals surface area contributed by atoms with E-state index >= 15 is 0 Å². The average Bonchev–Trinajstić information content (AvgIpc) is 2.71. The van der Waals surface area contributed by atoms with Crippen LogP contribution in [0.2, 0.25) is 0 Å². The Hall–Kier alpha value is -0.380. The summed E-state index contributed by atoms with van der Waals surface area (Å²) >= 11 is 1.90. The largest absolute Gasteiger partial charge is 0.327 e. The van der Waals surface area contributed by atoms with Crippen LogP contribution < -0.4 is 5.73 Å². The van der Waals surface area contributed by atoms with Crippen LogP contribution in [0, 0.1) is 5.92 Å². The van der Waals surface area contributed by atoms with Crippen LogP contribution in [-0.4, -0.2) is 24.0 Å². The topological polar surface area (TPSA) is 29.3 Å². The fourth-order valence-corrected chi connectivity index (χ4v) is 3.44. The molecule has 1 aliphatic rings. The molecule has 0 bridgehead atoms. The highest BCUT2D eigenvalue weighted by molar-refractivity contribution is 7.10. The van der Waals surface area contributed by atoms with Gasteiger partial charge in [0.2, 0.25) is 0 Å². The van der Waals surface area contributed by atoms with Crippen molar-refractivity contribution < 1.29 is 0 Å². The molecule has 0 amide bonds. The molecule has 2 unspecified atom stereocenters. The van der Waals surface area contributed by atoms with E-state index in [1.54, 1.807) is 4.88 Å². The van der Waals surface area contributed by atoms with Crippen LogP contribution in [0.1, 0.15) is 30.7 Å². The van der Waals surface area contributed by atoms with Gasteiger partial charge in [-0.1, -0.05) is 13.8 Å². The predicted octanol–water partition coefficient (Wildman–Crippen LogP) is 2.48. The zero-order valence-electron chi connectivity index (χ0n) is 10.3. The average molecular weight is 238 g/mol. The van der Waals surface area contributed by atoms with Gasteiger partial charge in [0, 0.05) is 30.6 Å². The summed E-state index contributed by atoms with van der Waals surface area (Å²) in [5.74, 6) is 0.638. The second kappa shape index (κ2) is 5.30. The van der Waals surface area contributed by atoms with Crippen molar-refractivity contribution in [3.8, 4) is 0 Å². The van der Waals surface area contributed by atoms with Gasteiger partial charge in [0.1, 0.15) is 0 Å². The summed E-state index contributed by atoms with van der Waals surface area (Å²) < 4.78 is 0. The molecule has 2 rings (SSSR count). The van der Waals surface area contributed by atoms with Crippen LogP contribution in [0.5, 0.6) is 0 Å². The number of piperidine rings is 1. The summed E-state index contributed by atoms with van der Waals surface area (Å²) in [5, 5.41) is 2.22. The molecule has 0 spiro atoms. The first-order chi connectivity index (χ1) is 7.70. The number of rotatable bonds is 3. The molecule has 2 nitrogen and oxygen atoms in total. The van der Waals surface area contributed by atoms with Gasteiger partial charge in [-0.25, -0.2) is 0 Å². The van der Waals surface area contributed by atoms with Crippen molar-refractivity contribution >= 4 is 11.3 Å². The number of hydrogen-bond acceptors (Lipinski definition) is 3. The van der Waals surface area contributed by atoms with E-state index in [-0.39, 0.29) is 0 Å². The van der Waals surface area contributed by atoms with Crippen molar-refractivity contribution in [3.63, 3.8) is 0 Å². The Kier molecular flexibility index (Phi) is 4.00. The standard InChI is InChI=1S/C13H22N2S/c1-3-11-5-7-16-13(11)9-15-6-4-12(14)10(2)8-15/h5,7,10,12H,3-4,6,8-9,14H2,1-2H3. The van der Waals surface area contributed by atoms with Crippen molar-refractivity contribution in [3.05, 3.63) is 21.9 Å². The third-order valence-corrected chi connectivity index (χ3v) is 4.59. The molecule has 3 heteroatoms. The highest BCUT2D eigenvalue weighted by Crippen LogP contribution is 2.22. The Morgan fingerprint density at radius 3 is 3.06 bits per heavy atom. The van der Waals surface area contributed by atoms with Gasteiger partial charge < -0.3 is 5.73 Å². The molecule has 2 N–H and O–H groups in total. The normalized spacial score (nSPS) is 27.2. The van der Waals surface area contributed by atoms with Gasteiger partial charge in [0.05, 0.1) is 0 Å². The lowest BCUT2D eigenvalue weighted by molar-refractivity contribution is 0.158. The molecular weight excluding hydrogens is 216 g/mol. The molecule has 0 saturated carbocycles. The van der Waals surface area contributed by atoms with Crippen LogP contribution in [0.3, 0.4) is 0 Å². The van der Waals surface area contributed by atoms with E-state index in [4.69, 9.17) is 5.73 Å². The molecule has 0 aliphatic carbocycles. The summed E-state index contributed by atoms with van der Waals surface area (Å²) in [6.45, 7) is 7.94. The Morgan fingerprint density at radius 2 is 2.38 bits per heavy atom. The monoisotopic (exact) mass is 238 g/mol. The molecule has 1 aliphatic heterocycles. The smallest absolute Gasteiger partial charge is 0.0330 e. The Labute approximate surface area is 102 Å². The summed E-state index contributed by atoms with van der Waals surface area (Å²) in [6, 6.07) is 2.67. The Balaban J connectivity index is 1.95. The van der Waals surface area contributed by atoms with Crippen LogP contribution >= 0.6 is 11.3 Å². The maximum Gasteiger partial charge on any atom is 0.0330 e. The van der Waals surface area contributed by atoms with Crippen molar-refractivity contribution in [2.75, 3.05) is 13.1 Å². The van der Waals surface area contributed by atoms with Crippen LogP contribution in [0.15, 0.2) is 11.4 Å². The van der Waals surface area contributed by atoms with Crippen molar-refractivity contribution in [1.82, 2.24) is 4.90 Å². The van der Waals surface area contributed by atoms with Crippen LogP contribution in [0.25, 0.3) is 0 Å². The molecule has 1 aromatic rings. The highest BCUT2D eigenvalue weighted by Gasteiger charge is 2.23. The maximum atomic E-state index is 6.05. The fourth-order valence-electron chi connectivity index (χ4n) is 2.42. The summed E-state index contributed by atoms with van der Waals surface area (Å²) in [5.41, 5.74) is 7.57. The third kappa shape index (κ3) is 2.65. The molecule has 1 fully saturated rings. The lowest BCUT2D eigenvalue weighted by Crippen LogP contribution is -2.45. The molecule has 0 aromatic carbocycles. The first kappa shape index (κ1) is 12.1. The Morgan fingerprint density at radius 1 is 1.56 bits per heavy atom. The number of nitrogens with two attached hydrogens (primary N) is 1. The van der Waals surface area contributed by atoms with Gasteiger partial charge in [-0.2, -0.15) is 0 Å². The van der Waals surface area contributed by atoms with Gasteiger partial charge in [0.25, 0.3) is 0 Å². The molecule has 2 heterocycles. The minimum absolute atomic E-state index is 0.408. The number of hydrogen-bond donors (Lipinski definition) is 1. The lowest BCUT2D eigenvalue weighted by Gasteiger charge is -2.35. The SMILES string of the molecule is CCc1ccsc1CN1CCC(N)C(C)C1. The lowest BCUT2D eigenvalue weighted by atomic mass is 9.95. The third-order valence-electron chi connectivity index (χ3n) is 3.64. The van der Waals surface area contributed by atoms with E-state index in [0.717, 1.165) is 32.5 Å². The van der Waals surface area contributed by atoms with Gasteiger partial charge in [0.15, 0.2) is 0 Å². The number of nitrogens with zero attached hydrogens (tertiary/aromatic N) is 1. The number of thiophene rings is 1. The van der Waals surface area contributed by atoms with Crippen LogP contribution in [0.4, 0.5) is 0 Å². The summed E-state index contributed by atoms with van der Waals surface area (Å²) in [4.78, 5) is 4.10. The first-order valence-corrected chi connectivity index (χ1v) is 7.11. The van der Waals surface area contributed by atoms with Gasteiger partial charge >= 0.3 is 0 Å². The van der Waals surface area contributed by atoms with Crippen molar-refractivity contribution in [2.45, 2.75) is 39.3 Å². The zero-order chi connectivity index (χ0) is 11.5. The van der Waals surface area contributed by atoms with Gasteiger partial charge in [-0.15, -0.1) is 11.3 Å². The van der Waals surface area contributed by atoms with E-state index in [0.29, 0.717) is 12.0 Å². The molecule has 16 heavy (non-hydrogen) atoms. The second-order valence-corrected chi connectivity index (χ2v) is 5.89.